The molecular weight excluding hydrogens is 337 g/mol. The van der Waals surface area contributed by atoms with Crippen molar-refractivity contribution >= 4 is 29.2 Å². The number of nitrogens with one attached hydrogen (secondary N) is 1. The van der Waals surface area contributed by atoms with Gasteiger partial charge in [-0.2, -0.15) is 0 Å². The van der Waals surface area contributed by atoms with Crippen LogP contribution in [-0.4, -0.2) is 25.1 Å². The van der Waals surface area contributed by atoms with Crippen molar-refractivity contribution in [2.24, 2.45) is 0 Å². The predicted octanol–water partition coefficient (Wildman–Crippen LogP) is 3.67. The van der Waals surface area contributed by atoms with Gasteiger partial charge in [-0.15, -0.1) is 0 Å². The molecule has 0 aliphatic rings. The zero-order chi connectivity index (χ0) is 17.5. The number of amides is 1. The molecule has 2 rings (SSSR count). The fourth-order valence-electron chi connectivity index (χ4n) is 1.82. The van der Waals surface area contributed by atoms with Gasteiger partial charge in [-0.25, -0.2) is 9.18 Å². The average molecular weight is 352 g/mol. The molecule has 0 saturated carbocycles. The molecule has 7 heteroatoms. The first-order chi connectivity index (χ1) is 11.5. The summed E-state index contributed by atoms with van der Waals surface area (Å²) in [5, 5.41) is 2.46. The van der Waals surface area contributed by atoms with Crippen molar-refractivity contribution < 1.29 is 23.5 Å². The molecule has 0 saturated heterocycles. The van der Waals surface area contributed by atoms with E-state index in [1.54, 1.807) is 31.2 Å². The molecule has 0 heterocycles. The summed E-state index contributed by atoms with van der Waals surface area (Å²) in [4.78, 5) is 23.3. The van der Waals surface area contributed by atoms with Crippen molar-refractivity contribution in [1.82, 2.24) is 0 Å². The number of hydrogen-bond acceptors (Lipinski definition) is 4. The molecule has 0 aromatic heterocycles. The van der Waals surface area contributed by atoms with E-state index in [0.29, 0.717) is 23.6 Å². The Morgan fingerprint density at radius 1 is 1.17 bits per heavy atom. The maximum absolute atomic E-state index is 13.0. The van der Waals surface area contributed by atoms with Crippen molar-refractivity contribution in [2.75, 3.05) is 18.5 Å². The van der Waals surface area contributed by atoms with Crippen LogP contribution in [0.1, 0.15) is 17.3 Å². The smallest absolute Gasteiger partial charge is 0.338 e. The fraction of sp³-hybridized carbons (Fsp3) is 0.176. The summed E-state index contributed by atoms with van der Waals surface area (Å²) in [5.41, 5.74) is 0.766. The molecule has 2 aromatic rings. The van der Waals surface area contributed by atoms with Crippen molar-refractivity contribution in [3.05, 3.63) is 58.9 Å². The number of carbonyl (C=O) groups excluding carboxylic acids is 2. The standard InChI is InChI=1S/C17H15ClFNO4/c1-2-23-17(22)11-3-6-13(7-4-11)24-10-16(21)20-12-5-8-15(19)14(18)9-12/h3-9H,2,10H2,1H3,(H,20,21). The molecule has 5 nitrogen and oxygen atoms in total. The van der Waals surface area contributed by atoms with Crippen LogP contribution in [0.15, 0.2) is 42.5 Å². The van der Waals surface area contributed by atoms with Gasteiger partial charge in [0.1, 0.15) is 11.6 Å². The number of benzene rings is 2. The first-order valence-electron chi connectivity index (χ1n) is 7.14. The van der Waals surface area contributed by atoms with Gasteiger partial charge in [0.25, 0.3) is 5.91 Å². The monoisotopic (exact) mass is 351 g/mol. The Labute approximate surface area is 143 Å². The Hall–Kier alpha value is -2.60. The molecule has 1 amide bonds. The number of esters is 1. The minimum atomic E-state index is -0.562. The maximum atomic E-state index is 13.0. The number of halogens is 2. The van der Waals surface area contributed by atoms with Gasteiger partial charge in [-0.05, 0) is 49.4 Å². The molecule has 2 aromatic carbocycles. The third-order valence-electron chi connectivity index (χ3n) is 2.94. The predicted molar refractivity (Wildman–Crippen MR) is 87.9 cm³/mol. The van der Waals surface area contributed by atoms with Gasteiger partial charge >= 0.3 is 5.97 Å². The minimum Gasteiger partial charge on any atom is -0.484 e. The third kappa shape index (κ3) is 4.96. The topological polar surface area (TPSA) is 64.6 Å². The lowest BCUT2D eigenvalue weighted by Crippen LogP contribution is -2.20. The second-order valence-corrected chi connectivity index (χ2v) is 5.12. The number of carbonyl (C=O) groups is 2. The molecule has 0 unspecified atom stereocenters. The van der Waals surface area contributed by atoms with Gasteiger partial charge in [0.15, 0.2) is 6.61 Å². The van der Waals surface area contributed by atoms with E-state index in [4.69, 9.17) is 21.1 Å². The van der Waals surface area contributed by atoms with Gasteiger partial charge in [-0.1, -0.05) is 11.6 Å². The van der Waals surface area contributed by atoms with E-state index < -0.39 is 17.7 Å². The lowest BCUT2D eigenvalue weighted by molar-refractivity contribution is -0.118. The Bertz CT molecular complexity index is 734. The van der Waals surface area contributed by atoms with E-state index in [1.165, 1.54) is 12.1 Å². The molecule has 0 aliphatic heterocycles. The van der Waals surface area contributed by atoms with Crippen LogP contribution in [0, 0.1) is 5.82 Å². The van der Waals surface area contributed by atoms with Crippen molar-refractivity contribution in [2.45, 2.75) is 6.92 Å². The van der Waals surface area contributed by atoms with Crippen LogP contribution in [-0.2, 0) is 9.53 Å². The van der Waals surface area contributed by atoms with Gasteiger partial charge < -0.3 is 14.8 Å². The van der Waals surface area contributed by atoms with E-state index >= 15 is 0 Å². The van der Waals surface area contributed by atoms with E-state index in [1.807, 2.05) is 0 Å². The van der Waals surface area contributed by atoms with Gasteiger partial charge in [0.05, 0.1) is 17.2 Å². The fourth-order valence-corrected chi connectivity index (χ4v) is 2.00. The summed E-state index contributed by atoms with van der Waals surface area (Å²) in [7, 11) is 0. The largest absolute Gasteiger partial charge is 0.484 e. The second kappa shape index (κ2) is 8.31. The zero-order valence-corrected chi connectivity index (χ0v) is 13.6. The van der Waals surface area contributed by atoms with E-state index in [0.717, 1.165) is 6.07 Å². The molecular formula is C17H15ClFNO4. The molecule has 0 bridgehead atoms. The van der Waals surface area contributed by atoms with E-state index in [9.17, 15) is 14.0 Å². The van der Waals surface area contributed by atoms with Crippen LogP contribution >= 0.6 is 11.6 Å². The highest BCUT2D eigenvalue weighted by molar-refractivity contribution is 6.31. The molecule has 1 N–H and O–H groups in total. The first-order valence-corrected chi connectivity index (χ1v) is 7.52. The molecule has 24 heavy (non-hydrogen) atoms. The summed E-state index contributed by atoms with van der Waals surface area (Å²) in [6.45, 7) is 1.78. The van der Waals surface area contributed by atoms with Crippen LogP contribution in [0.25, 0.3) is 0 Å². The van der Waals surface area contributed by atoms with Crippen LogP contribution in [0.4, 0.5) is 10.1 Å². The van der Waals surface area contributed by atoms with Crippen LogP contribution in [0.2, 0.25) is 5.02 Å². The van der Waals surface area contributed by atoms with E-state index in [2.05, 4.69) is 5.32 Å². The highest BCUT2D eigenvalue weighted by atomic mass is 35.5. The Morgan fingerprint density at radius 3 is 2.50 bits per heavy atom. The normalized spacial score (nSPS) is 10.1. The Morgan fingerprint density at radius 2 is 1.88 bits per heavy atom. The maximum Gasteiger partial charge on any atom is 0.338 e. The summed E-state index contributed by atoms with van der Waals surface area (Å²) in [6, 6.07) is 10.1. The molecule has 0 fully saturated rings. The third-order valence-corrected chi connectivity index (χ3v) is 3.23. The van der Waals surface area contributed by atoms with Gasteiger partial charge in [0.2, 0.25) is 0 Å². The lowest BCUT2D eigenvalue weighted by atomic mass is 10.2. The van der Waals surface area contributed by atoms with Crippen LogP contribution < -0.4 is 10.1 Å². The van der Waals surface area contributed by atoms with Gasteiger partial charge in [-0.3, -0.25) is 4.79 Å². The van der Waals surface area contributed by atoms with Crippen molar-refractivity contribution in [3.63, 3.8) is 0 Å². The highest BCUT2D eigenvalue weighted by Gasteiger charge is 2.08. The number of ether oxygens (including phenoxy) is 2. The molecule has 0 radical (unpaired) electrons. The Balaban J connectivity index is 1.87. The summed E-state index contributed by atoms with van der Waals surface area (Å²) >= 11 is 5.64. The van der Waals surface area contributed by atoms with Crippen LogP contribution in [0.3, 0.4) is 0 Å². The summed E-state index contributed by atoms with van der Waals surface area (Å²) in [6.07, 6.45) is 0. The lowest BCUT2D eigenvalue weighted by Gasteiger charge is -2.08. The molecule has 0 spiro atoms. The van der Waals surface area contributed by atoms with Gasteiger partial charge in [0, 0.05) is 5.69 Å². The van der Waals surface area contributed by atoms with Crippen molar-refractivity contribution in [1.29, 1.82) is 0 Å². The molecule has 0 aliphatic carbocycles. The minimum absolute atomic E-state index is 0.0803. The summed E-state index contributed by atoms with van der Waals surface area (Å²) in [5.74, 6) is -0.981. The highest BCUT2D eigenvalue weighted by Crippen LogP contribution is 2.19. The first kappa shape index (κ1) is 17.7. The Kier molecular flexibility index (Phi) is 6.14. The van der Waals surface area contributed by atoms with E-state index in [-0.39, 0.29) is 11.6 Å². The van der Waals surface area contributed by atoms with Crippen molar-refractivity contribution in [3.8, 4) is 5.75 Å². The number of hydrogen-bond donors (Lipinski definition) is 1. The average Bonchev–Trinajstić information content (AvgIpc) is 2.57. The molecule has 126 valence electrons. The zero-order valence-electron chi connectivity index (χ0n) is 12.8. The van der Waals surface area contributed by atoms with Crippen LogP contribution in [0.5, 0.6) is 5.75 Å². The second-order valence-electron chi connectivity index (χ2n) is 4.71. The summed E-state index contributed by atoms with van der Waals surface area (Å²) < 4.78 is 23.2. The SMILES string of the molecule is CCOC(=O)c1ccc(OCC(=O)Nc2ccc(F)c(Cl)c2)cc1. The quantitative estimate of drug-likeness (QED) is 0.806. The molecule has 0 atom stereocenters. The number of anilines is 1. The number of rotatable bonds is 6.